The molecule has 0 saturated carbocycles. The minimum Gasteiger partial charge on any atom is -0.443 e. The Morgan fingerprint density at radius 2 is 1.95 bits per heavy atom. The SMILES string of the molecule is C/C(=N\NC(=O)OC(C)(C)C)c1ccc(Cl)cc1Cl. The van der Waals surface area contributed by atoms with E-state index in [1.165, 1.54) is 0 Å². The summed E-state index contributed by atoms with van der Waals surface area (Å²) in [5, 5.41) is 4.95. The van der Waals surface area contributed by atoms with Gasteiger partial charge in [-0.15, -0.1) is 0 Å². The van der Waals surface area contributed by atoms with E-state index in [9.17, 15) is 4.79 Å². The van der Waals surface area contributed by atoms with Crippen LogP contribution in [0.4, 0.5) is 4.79 Å². The third-order valence-electron chi connectivity index (χ3n) is 2.03. The van der Waals surface area contributed by atoms with Gasteiger partial charge in [-0.25, -0.2) is 10.2 Å². The van der Waals surface area contributed by atoms with E-state index < -0.39 is 11.7 Å². The molecule has 1 amide bonds. The van der Waals surface area contributed by atoms with Crippen molar-refractivity contribution < 1.29 is 9.53 Å². The number of ether oxygens (including phenoxy) is 1. The molecule has 0 heterocycles. The second-order valence-electron chi connectivity index (χ2n) is 4.94. The molecule has 6 heteroatoms. The van der Waals surface area contributed by atoms with Crippen LogP contribution >= 0.6 is 23.2 Å². The highest BCUT2D eigenvalue weighted by atomic mass is 35.5. The van der Waals surface area contributed by atoms with Crippen LogP contribution in [0.3, 0.4) is 0 Å². The first-order valence-corrected chi connectivity index (χ1v) is 6.43. The molecule has 104 valence electrons. The number of amides is 1. The van der Waals surface area contributed by atoms with Crippen LogP contribution in [0.2, 0.25) is 10.0 Å². The lowest BCUT2D eigenvalue weighted by Gasteiger charge is -2.18. The van der Waals surface area contributed by atoms with Gasteiger partial charge in [0.15, 0.2) is 0 Å². The largest absolute Gasteiger partial charge is 0.443 e. The van der Waals surface area contributed by atoms with Crippen LogP contribution in [0.25, 0.3) is 0 Å². The normalized spacial score (nSPS) is 12.2. The van der Waals surface area contributed by atoms with Crippen LogP contribution in [0.15, 0.2) is 23.3 Å². The fourth-order valence-electron chi connectivity index (χ4n) is 1.27. The molecule has 0 spiro atoms. The van der Waals surface area contributed by atoms with E-state index in [-0.39, 0.29) is 0 Å². The fourth-order valence-corrected chi connectivity index (χ4v) is 1.82. The zero-order valence-corrected chi connectivity index (χ0v) is 12.8. The van der Waals surface area contributed by atoms with E-state index in [0.29, 0.717) is 21.3 Å². The molecule has 0 unspecified atom stereocenters. The number of hydrogen-bond donors (Lipinski definition) is 1. The quantitative estimate of drug-likeness (QED) is 0.656. The fraction of sp³-hybridized carbons (Fsp3) is 0.385. The molecule has 19 heavy (non-hydrogen) atoms. The topological polar surface area (TPSA) is 50.7 Å². The summed E-state index contributed by atoms with van der Waals surface area (Å²) in [4.78, 5) is 11.4. The van der Waals surface area contributed by atoms with Crippen LogP contribution in [-0.4, -0.2) is 17.4 Å². The number of benzene rings is 1. The summed E-state index contributed by atoms with van der Waals surface area (Å²) >= 11 is 11.8. The van der Waals surface area contributed by atoms with Gasteiger partial charge in [0.2, 0.25) is 0 Å². The van der Waals surface area contributed by atoms with Gasteiger partial charge in [-0.3, -0.25) is 0 Å². The van der Waals surface area contributed by atoms with Gasteiger partial charge in [0.25, 0.3) is 0 Å². The number of nitrogens with one attached hydrogen (secondary N) is 1. The summed E-state index contributed by atoms with van der Waals surface area (Å²) < 4.78 is 5.06. The van der Waals surface area contributed by atoms with E-state index in [2.05, 4.69) is 10.5 Å². The predicted molar refractivity (Wildman–Crippen MR) is 78.0 cm³/mol. The van der Waals surface area contributed by atoms with E-state index >= 15 is 0 Å². The maximum atomic E-state index is 11.4. The molecule has 4 nitrogen and oxygen atoms in total. The molecule has 0 atom stereocenters. The Balaban J connectivity index is 2.75. The summed E-state index contributed by atoms with van der Waals surface area (Å²) in [7, 11) is 0. The van der Waals surface area contributed by atoms with Crippen LogP contribution < -0.4 is 5.43 Å². The summed E-state index contributed by atoms with van der Waals surface area (Å²) in [5.41, 5.74) is 3.01. The van der Waals surface area contributed by atoms with Crippen molar-refractivity contribution in [2.45, 2.75) is 33.3 Å². The molecule has 1 aromatic carbocycles. The Kier molecular flexibility index (Phi) is 5.20. The Morgan fingerprint density at radius 3 is 2.47 bits per heavy atom. The molecule has 1 N–H and O–H groups in total. The second-order valence-corrected chi connectivity index (χ2v) is 5.78. The molecule has 1 aromatic rings. The third kappa shape index (κ3) is 5.49. The number of hydrazone groups is 1. The van der Waals surface area contributed by atoms with Crippen molar-refractivity contribution in [3.05, 3.63) is 33.8 Å². The van der Waals surface area contributed by atoms with E-state index in [1.54, 1.807) is 45.9 Å². The van der Waals surface area contributed by atoms with Crippen molar-refractivity contribution in [2.75, 3.05) is 0 Å². The molecule has 0 saturated heterocycles. The Morgan fingerprint density at radius 1 is 1.32 bits per heavy atom. The minimum atomic E-state index is -0.614. The van der Waals surface area contributed by atoms with Crippen molar-refractivity contribution in [1.29, 1.82) is 0 Å². The number of hydrogen-bond acceptors (Lipinski definition) is 3. The maximum Gasteiger partial charge on any atom is 0.428 e. The number of nitrogens with zero attached hydrogens (tertiary/aromatic N) is 1. The molecule has 0 aliphatic heterocycles. The zero-order chi connectivity index (χ0) is 14.6. The lowest BCUT2D eigenvalue weighted by atomic mass is 10.1. The van der Waals surface area contributed by atoms with Crippen molar-refractivity contribution in [1.82, 2.24) is 5.43 Å². The smallest absolute Gasteiger partial charge is 0.428 e. The van der Waals surface area contributed by atoms with Gasteiger partial charge in [0.1, 0.15) is 5.60 Å². The van der Waals surface area contributed by atoms with E-state index in [1.807, 2.05) is 0 Å². The molecule has 0 aliphatic rings. The van der Waals surface area contributed by atoms with Gasteiger partial charge >= 0.3 is 6.09 Å². The highest BCUT2D eigenvalue weighted by molar-refractivity contribution is 6.37. The zero-order valence-electron chi connectivity index (χ0n) is 11.3. The number of carbonyl (C=O) groups is 1. The molecule has 0 bridgehead atoms. The molecule has 1 rings (SSSR count). The summed E-state index contributed by atoms with van der Waals surface area (Å²) in [6, 6.07) is 5.06. The predicted octanol–water partition coefficient (Wildman–Crippen LogP) is 4.24. The van der Waals surface area contributed by atoms with E-state index in [0.717, 1.165) is 0 Å². The van der Waals surface area contributed by atoms with Gasteiger partial charge in [-0.2, -0.15) is 5.10 Å². The highest BCUT2D eigenvalue weighted by Gasteiger charge is 2.15. The van der Waals surface area contributed by atoms with Crippen molar-refractivity contribution in [2.24, 2.45) is 5.10 Å². The molecule has 0 aromatic heterocycles. The monoisotopic (exact) mass is 302 g/mol. The van der Waals surface area contributed by atoms with Crippen LogP contribution in [0, 0.1) is 0 Å². The maximum absolute atomic E-state index is 11.4. The summed E-state index contributed by atoms with van der Waals surface area (Å²) in [5.74, 6) is 0. The Bertz CT molecular complexity index is 508. The molecular weight excluding hydrogens is 287 g/mol. The summed E-state index contributed by atoms with van der Waals surface area (Å²) in [6.07, 6.45) is -0.614. The van der Waals surface area contributed by atoms with Gasteiger partial charge in [-0.1, -0.05) is 29.3 Å². The minimum absolute atomic E-state index is 0.472. The van der Waals surface area contributed by atoms with Gasteiger partial charge in [0.05, 0.1) is 10.7 Å². The van der Waals surface area contributed by atoms with Crippen molar-refractivity contribution in [3.63, 3.8) is 0 Å². The van der Waals surface area contributed by atoms with Crippen LogP contribution in [-0.2, 0) is 4.74 Å². The average Bonchev–Trinajstić information content (AvgIpc) is 2.23. The first-order valence-electron chi connectivity index (χ1n) is 5.68. The van der Waals surface area contributed by atoms with Crippen molar-refractivity contribution >= 4 is 35.0 Å². The van der Waals surface area contributed by atoms with Crippen LogP contribution in [0.5, 0.6) is 0 Å². The third-order valence-corrected chi connectivity index (χ3v) is 2.58. The second kappa shape index (κ2) is 6.26. The Labute approximate surface area is 122 Å². The molecule has 0 aliphatic carbocycles. The Hall–Kier alpha value is -1.26. The van der Waals surface area contributed by atoms with Crippen molar-refractivity contribution in [3.8, 4) is 0 Å². The van der Waals surface area contributed by atoms with E-state index in [4.69, 9.17) is 27.9 Å². The molecule has 0 fully saturated rings. The number of carbonyl (C=O) groups excluding carboxylic acids is 1. The van der Waals surface area contributed by atoms with Gasteiger partial charge in [0, 0.05) is 10.6 Å². The molecular formula is C13H16Cl2N2O2. The van der Waals surface area contributed by atoms with Gasteiger partial charge in [-0.05, 0) is 39.8 Å². The lowest BCUT2D eigenvalue weighted by molar-refractivity contribution is 0.0529. The lowest BCUT2D eigenvalue weighted by Crippen LogP contribution is -2.30. The first kappa shape index (κ1) is 15.8. The first-order chi connectivity index (χ1) is 8.69. The average molecular weight is 303 g/mol. The summed E-state index contributed by atoms with van der Waals surface area (Å²) in [6.45, 7) is 7.06. The number of halogens is 2. The number of rotatable bonds is 2. The highest BCUT2D eigenvalue weighted by Crippen LogP contribution is 2.21. The molecule has 0 radical (unpaired) electrons. The van der Waals surface area contributed by atoms with Crippen LogP contribution in [0.1, 0.15) is 33.3 Å². The standard InChI is InChI=1S/C13H16Cl2N2O2/c1-8(10-6-5-9(14)7-11(10)15)16-17-12(18)19-13(2,3)4/h5-7H,1-4H3,(H,17,18)/b16-8+. The van der Waals surface area contributed by atoms with Gasteiger partial charge < -0.3 is 4.74 Å².